The number of fused-ring (bicyclic) bond motifs is 1. The Labute approximate surface area is 181 Å². The molecule has 4 heterocycles. The molecule has 0 spiro atoms. The van der Waals surface area contributed by atoms with Gasteiger partial charge in [-0.25, -0.2) is 14.6 Å². The lowest BCUT2D eigenvalue weighted by molar-refractivity contribution is 0.122. The summed E-state index contributed by atoms with van der Waals surface area (Å²) in [5.41, 5.74) is 3.50. The molecule has 0 N–H and O–H groups in total. The molecular formula is C21H19BrN6O2. The molecule has 0 saturated carbocycles. The lowest BCUT2D eigenvalue weighted by atomic mass is 10.1. The highest BCUT2D eigenvalue weighted by Gasteiger charge is 2.19. The Bertz CT molecular complexity index is 1210. The fourth-order valence-electron chi connectivity index (χ4n) is 3.45. The van der Waals surface area contributed by atoms with Gasteiger partial charge in [0.15, 0.2) is 5.82 Å². The molecule has 1 aromatic carbocycles. The number of benzene rings is 1. The molecule has 0 aliphatic carbocycles. The Morgan fingerprint density at radius 3 is 2.77 bits per heavy atom. The number of halogens is 1. The van der Waals surface area contributed by atoms with E-state index in [1.54, 1.807) is 24.2 Å². The number of morpholine rings is 1. The van der Waals surface area contributed by atoms with E-state index in [1.165, 1.54) is 0 Å². The summed E-state index contributed by atoms with van der Waals surface area (Å²) in [5.74, 6) is 2.09. The Hall–Kier alpha value is -3.04. The average Bonchev–Trinajstić information content (AvgIpc) is 3.29. The van der Waals surface area contributed by atoms with Gasteiger partial charge in [-0.05, 0) is 39.7 Å². The third kappa shape index (κ3) is 3.61. The number of aromatic nitrogens is 5. The molecule has 1 saturated heterocycles. The maximum atomic E-state index is 5.50. The zero-order chi connectivity index (χ0) is 20.5. The van der Waals surface area contributed by atoms with Crippen LogP contribution in [0.2, 0.25) is 0 Å². The molecule has 3 aromatic heterocycles. The number of ether oxygens (including phenoxy) is 2. The van der Waals surface area contributed by atoms with Crippen molar-refractivity contribution in [1.29, 1.82) is 0 Å². The average molecular weight is 467 g/mol. The molecular weight excluding hydrogens is 448 g/mol. The van der Waals surface area contributed by atoms with Crippen molar-refractivity contribution in [1.82, 2.24) is 24.7 Å². The van der Waals surface area contributed by atoms with Crippen LogP contribution < -0.4 is 9.64 Å². The highest BCUT2D eigenvalue weighted by molar-refractivity contribution is 9.10. The Balaban J connectivity index is 1.59. The van der Waals surface area contributed by atoms with Gasteiger partial charge in [0.05, 0.1) is 32.0 Å². The summed E-state index contributed by atoms with van der Waals surface area (Å²) in [6, 6.07) is 9.82. The monoisotopic (exact) mass is 466 g/mol. The largest absolute Gasteiger partial charge is 0.497 e. The SMILES string of the molecule is COc1cccc(-c2cnn(-c3nc(N4CCOCC4)c4ncc(Br)cc4n3)c2)c1. The molecule has 0 bridgehead atoms. The fraction of sp³-hybridized carbons (Fsp3) is 0.238. The summed E-state index contributed by atoms with van der Waals surface area (Å²) in [6.45, 7) is 2.85. The van der Waals surface area contributed by atoms with Gasteiger partial charge < -0.3 is 14.4 Å². The predicted molar refractivity (Wildman–Crippen MR) is 117 cm³/mol. The van der Waals surface area contributed by atoms with E-state index in [0.29, 0.717) is 19.2 Å². The Morgan fingerprint density at radius 1 is 1.07 bits per heavy atom. The second-order valence-corrected chi connectivity index (χ2v) is 7.79. The van der Waals surface area contributed by atoms with E-state index >= 15 is 0 Å². The van der Waals surface area contributed by atoms with Crippen LogP contribution in [0.4, 0.5) is 5.82 Å². The van der Waals surface area contributed by atoms with Crippen molar-refractivity contribution in [2.24, 2.45) is 0 Å². The van der Waals surface area contributed by atoms with Crippen molar-refractivity contribution in [2.75, 3.05) is 38.3 Å². The molecule has 0 amide bonds. The second-order valence-electron chi connectivity index (χ2n) is 6.87. The second kappa shape index (κ2) is 8.00. The highest BCUT2D eigenvalue weighted by atomic mass is 79.9. The number of rotatable bonds is 4. The van der Waals surface area contributed by atoms with Gasteiger partial charge in [0.1, 0.15) is 11.3 Å². The van der Waals surface area contributed by atoms with Crippen molar-refractivity contribution in [3.8, 4) is 22.8 Å². The maximum Gasteiger partial charge on any atom is 0.253 e. The van der Waals surface area contributed by atoms with E-state index in [-0.39, 0.29) is 0 Å². The van der Waals surface area contributed by atoms with E-state index in [4.69, 9.17) is 19.4 Å². The smallest absolute Gasteiger partial charge is 0.253 e. The van der Waals surface area contributed by atoms with Gasteiger partial charge in [0, 0.05) is 35.5 Å². The zero-order valence-electron chi connectivity index (χ0n) is 16.3. The number of hydrogen-bond acceptors (Lipinski definition) is 7. The summed E-state index contributed by atoms with van der Waals surface area (Å²) in [7, 11) is 1.66. The first kappa shape index (κ1) is 19.0. The van der Waals surface area contributed by atoms with Crippen LogP contribution in [-0.2, 0) is 4.74 Å². The lowest BCUT2D eigenvalue weighted by Crippen LogP contribution is -2.37. The van der Waals surface area contributed by atoms with Gasteiger partial charge in [-0.3, -0.25) is 0 Å². The summed E-state index contributed by atoms with van der Waals surface area (Å²) < 4.78 is 13.4. The standard InChI is InChI=1S/C21H19BrN6O2/c1-29-17-4-2-3-14(9-17)15-11-24-28(13-15)21-25-18-10-16(22)12-23-19(18)20(26-21)27-5-7-30-8-6-27/h2-4,9-13H,5-8H2,1H3. The van der Waals surface area contributed by atoms with Gasteiger partial charge in [-0.15, -0.1) is 0 Å². The summed E-state index contributed by atoms with van der Waals surface area (Å²) in [6.07, 6.45) is 5.49. The Morgan fingerprint density at radius 2 is 1.93 bits per heavy atom. The summed E-state index contributed by atoms with van der Waals surface area (Å²) >= 11 is 3.49. The minimum atomic E-state index is 0.498. The minimum absolute atomic E-state index is 0.498. The molecule has 4 aromatic rings. The summed E-state index contributed by atoms with van der Waals surface area (Å²) in [4.78, 5) is 16.3. The van der Waals surface area contributed by atoms with Crippen LogP contribution in [0.5, 0.6) is 5.75 Å². The van der Waals surface area contributed by atoms with E-state index in [1.807, 2.05) is 36.5 Å². The van der Waals surface area contributed by atoms with E-state index < -0.39 is 0 Å². The van der Waals surface area contributed by atoms with Crippen LogP contribution >= 0.6 is 15.9 Å². The summed E-state index contributed by atoms with van der Waals surface area (Å²) in [5, 5.41) is 4.51. The van der Waals surface area contributed by atoms with Crippen LogP contribution in [0.25, 0.3) is 28.1 Å². The first-order valence-electron chi connectivity index (χ1n) is 9.57. The topological polar surface area (TPSA) is 78.2 Å². The number of hydrogen-bond donors (Lipinski definition) is 0. The molecule has 1 aliphatic rings. The molecule has 0 unspecified atom stereocenters. The molecule has 9 heteroatoms. The Kier molecular flexibility index (Phi) is 5.06. The molecule has 1 fully saturated rings. The van der Waals surface area contributed by atoms with E-state index in [9.17, 15) is 0 Å². The van der Waals surface area contributed by atoms with Gasteiger partial charge >= 0.3 is 0 Å². The van der Waals surface area contributed by atoms with Crippen LogP contribution in [-0.4, -0.2) is 58.1 Å². The van der Waals surface area contributed by atoms with E-state index in [0.717, 1.165) is 51.3 Å². The molecule has 152 valence electrons. The number of anilines is 1. The number of methoxy groups -OCH3 is 1. The van der Waals surface area contributed by atoms with Crippen molar-refractivity contribution in [2.45, 2.75) is 0 Å². The molecule has 30 heavy (non-hydrogen) atoms. The molecule has 0 atom stereocenters. The van der Waals surface area contributed by atoms with Crippen molar-refractivity contribution < 1.29 is 9.47 Å². The van der Waals surface area contributed by atoms with Crippen LogP contribution in [0.1, 0.15) is 0 Å². The van der Waals surface area contributed by atoms with Gasteiger partial charge in [-0.2, -0.15) is 10.1 Å². The van der Waals surface area contributed by atoms with Crippen LogP contribution in [0, 0.1) is 0 Å². The first-order chi connectivity index (χ1) is 14.7. The van der Waals surface area contributed by atoms with Crippen LogP contribution in [0.15, 0.2) is 53.4 Å². The lowest BCUT2D eigenvalue weighted by Gasteiger charge is -2.28. The number of pyridine rings is 1. The molecule has 1 aliphatic heterocycles. The highest BCUT2D eigenvalue weighted by Crippen LogP contribution is 2.27. The third-order valence-electron chi connectivity index (χ3n) is 4.97. The minimum Gasteiger partial charge on any atom is -0.497 e. The number of nitrogens with zero attached hydrogens (tertiary/aromatic N) is 6. The molecule has 0 radical (unpaired) electrons. The molecule has 5 rings (SSSR count). The third-order valence-corrected chi connectivity index (χ3v) is 5.41. The van der Waals surface area contributed by atoms with Gasteiger partial charge in [0.2, 0.25) is 0 Å². The maximum absolute atomic E-state index is 5.50. The van der Waals surface area contributed by atoms with Gasteiger partial charge in [0.25, 0.3) is 5.95 Å². The van der Waals surface area contributed by atoms with Crippen LogP contribution in [0.3, 0.4) is 0 Å². The van der Waals surface area contributed by atoms with Crippen molar-refractivity contribution in [3.05, 3.63) is 53.4 Å². The van der Waals surface area contributed by atoms with Crippen molar-refractivity contribution in [3.63, 3.8) is 0 Å². The normalized spacial score (nSPS) is 14.3. The van der Waals surface area contributed by atoms with Crippen molar-refractivity contribution >= 4 is 32.8 Å². The fourth-order valence-corrected chi connectivity index (χ4v) is 3.77. The first-order valence-corrected chi connectivity index (χ1v) is 10.4. The van der Waals surface area contributed by atoms with E-state index in [2.05, 4.69) is 30.9 Å². The predicted octanol–water partition coefficient (Wildman–Crippen LogP) is 3.49. The quantitative estimate of drug-likeness (QED) is 0.455. The zero-order valence-corrected chi connectivity index (χ0v) is 17.9. The van der Waals surface area contributed by atoms with Gasteiger partial charge in [-0.1, -0.05) is 12.1 Å². The molecule has 8 nitrogen and oxygen atoms in total.